The standard InChI is InChI=1S/C19H23N5/c1-22(12-16-8-10-24-19(11-16)20-15-21-24)13-17-7-9-23(14-17)18-5-3-2-4-6-18/h2-6,8,10-11,15,17H,7,9,12-14H2,1H3. The minimum Gasteiger partial charge on any atom is -0.371 e. The second-order valence-corrected chi connectivity index (χ2v) is 6.73. The molecule has 2 aromatic heterocycles. The van der Waals surface area contributed by atoms with Crippen molar-refractivity contribution in [2.75, 3.05) is 31.6 Å². The van der Waals surface area contributed by atoms with Gasteiger partial charge in [0, 0.05) is 38.1 Å². The molecule has 5 heteroatoms. The van der Waals surface area contributed by atoms with Crippen LogP contribution in [0.2, 0.25) is 0 Å². The molecule has 0 aliphatic carbocycles. The molecule has 3 aromatic rings. The Morgan fingerprint density at radius 2 is 2.08 bits per heavy atom. The third kappa shape index (κ3) is 3.26. The number of nitrogens with zero attached hydrogens (tertiary/aromatic N) is 5. The van der Waals surface area contributed by atoms with Crippen molar-refractivity contribution in [1.82, 2.24) is 19.5 Å². The molecular weight excluding hydrogens is 298 g/mol. The van der Waals surface area contributed by atoms with E-state index in [1.807, 2.05) is 6.20 Å². The van der Waals surface area contributed by atoms with Gasteiger partial charge in [-0.1, -0.05) is 18.2 Å². The first kappa shape index (κ1) is 15.1. The highest BCUT2D eigenvalue weighted by molar-refractivity contribution is 5.46. The first-order valence-corrected chi connectivity index (χ1v) is 8.55. The van der Waals surface area contributed by atoms with Crippen molar-refractivity contribution >= 4 is 11.3 Å². The Morgan fingerprint density at radius 1 is 1.21 bits per heavy atom. The SMILES string of the molecule is CN(Cc1ccn2ncnc2c1)CC1CCN(c2ccccc2)C1. The molecule has 124 valence electrons. The van der Waals surface area contributed by atoms with E-state index in [1.54, 1.807) is 10.8 Å². The number of aromatic nitrogens is 3. The van der Waals surface area contributed by atoms with Crippen LogP contribution in [0.4, 0.5) is 5.69 Å². The van der Waals surface area contributed by atoms with E-state index in [9.17, 15) is 0 Å². The molecule has 0 amide bonds. The molecule has 1 saturated heterocycles. The van der Waals surface area contributed by atoms with Crippen LogP contribution in [0.3, 0.4) is 0 Å². The average Bonchev–Trinajstić information content (AvgIpc) is 3.24. The fourth-order valence-corrected chi connectivity index (χ4v) is 3.63. The van der Waals surface area contributed by atoms with Crippen LogP contribution >= 0.6 is 0 Å². The van der Waals surface area contributed by atoms with Crippen molar-refractivity contribution in [3.05, 3.63) is 60.6 Å². The molecule has 1 unspecified atom stereocenters. The Bertz CT molecular complexity index is 798. The largest absolute Gasteiger partial charge is 0.371 e. The lowest BCUT2D eigenvalue weighted by Crippen LogP contribution is -2.28. The third-order valence-corrected chi connectivity index (χ3v) is 4.77. The highest BCUT2D eigenvalue weighted by Crippen LogP contribution is 2.24. The highest BCUT2D eigenvalue weighted by Gasteiger charge is 2.23. The normalized spacial score (nSPS) is 17.9. The van der Waals surface area contributed by atoms with Gasteiger partial charge in [0.05, 0.1) is 0 Å². The monoisotopic (exact) mass is 321 g/mol. The Morgan fingerprint density at radius 3 is 2.96 bits per heavy atom. The van der Waals surface area contributed by atoms with Crippen LogP contribution in [0, 0.1) is 5.92 Å². The summed E-state index contributed by atoms with van der Waals surface area (Å²) in [5, 5.41) is 4.15. The highest BCUT2D eigenvalue weighted by atomic mass is 15.3. The molecule has 0 N–H and O–H groups in total. The number of anilines is 1. The molecule has 1 aliphatic heterocycles. The van der Waals surface area contributed by atoms with Crippen molar-refractivity contribution in [3.8, 4) is 0 Å². The number of pyridine rings is 1. The van der Waals surface area contributed by atoms with Gasteiger partial charge in [0.2, 0.25) is 0 Å². The van der Waals surface area contributed by atoms with Gasteiger partial charge in [0.1, 0.15) is 6.33 Å². The molecule has 0 spiro atoms. The van der Waals surface area contributed by atoms with Crippen molar-refractivity contribution in [2.24, 2.45) is 5.92 Å². The van der Waals surface area contributed by atoms with E-state index in [-0.39, 0.29) is 0 Å². The van der Waals surface area contributed by atoms with Gasteiger partial charge in [0.15, 0.2) is 5.65 Å². The summed E-state index contributed by atoms with van der Waals surface area (Å²) < 4.78 is 1.80. The number of rotatable bonds is 5. The topological polar surface area (TPSA) is 36.7 Å². The van der Waals surface area contributed by atoms with Gasteiger partial charge in [-0.25, -0.2) is 9.50 Å². The number of fused-ring (bicyclic) bond motifs is 1. The van der Waals surface area contributed by atoms with Gasteiger partial charge in [-0.15, -0.1) is 0 Å². The number of benzene rings is 1. The van der Waals surface area contributed by atoms with E-state index >= 15 is 0 Å². The molecule has 0 bridgehead atoms. The fraction of sp³-hybridized carbons (Fsp3) is 0.368. The van der Waals surface area contributed by atoms with Gasteiger partial charge >= 0.3 is 0 Å². The van der Waals surface area contributed by atoms with Gasteiger partial charge < -0.3 is 9.80 Å². The van der Waals surface area contributed by atoms with Gasteiger partial charge in [-0.3, -0.25) is 0 Å². The van der Waals surface area contributed by atoms with Crippen molar-refractivity contribution in [2.45, 2.75) is 13.0 Å². The summed E-state index contributed by atoms with van der Waals surface area (Å²) >= 11 is 0. The molecule has 4 rings (SSSR count). The lowest BCUT2D eigenvalue weighted by Gasteiger charge is -2.22. The van der Waals surface area contributed by atoms with Crippen LogP contribution in [0.5, 0.6) is 0 Å². The molecular formula is C19H23N5. The zero-order valence-corrected chi connectivity index (χ0v) is 14.0. The summed E-state index contributed by atoms with van der Waals surface area (Å²) in [6.07, 6.45) is 4.85. The molecule has 0 radical (unpaired) electrons. The summed E-state index contributed by atoms with van der Waals surface area (Å²) in [5.41, 5.74) is 3.55. The van der Waals surface area contributed by atoms with Gasteiger partial charge in [0.25, 0.3) is 0 Å². The van der Waals surface area contributed by atoms with Crippen molar-refractivity contribution < 1.29 is 0 Å². The minimum absolute atomic E-state index is 0.729. The van der Waals surface area contributed by atoms with Crippen LogP contribution in [0.1, 0.15) is 12.0 Å². The number of para-hydroxylation sites is 1. The van der Waals surface area contributed by atoms with E-state index in [4.69, 9.17) is 0 Å². The summed E-state index contributed by atoms with van der Waals surface area (Å²) in [6, 6.07) is 15.0. The zero-order valence-electron chi connectivity index (χ0n) is 14.0. The predicted molar refractivity (Wildman–Crippen MR) is 96.1 cm³/mol. The maximum Gasteiger partial charge on any atom is 0.155 e. The molecule has 3 heterocycles. The first-order chi connectivity index (χ1) is 11.8. The second kappa shape index (κ2) is 6.61. The van der Waals surface area contributed by atoms with Crippen LogP contribution in [-0.4, -0.2) is 46.2 Å². The quantitative estimate of drug-likeness (QED) is 0.724. The Labute approximate surface area is 142 Å². The van der Waals surface area contributed by atoms with Crippen LogP contribution < -0.4 is 4.90 Å². The maximum atomic E-state index is 4.26. The molecule has 1 fully saturated rings. The summed E-state index contributed by atoms with van der Waals surface area (Å²) in [5.74, 6) is 0.729. The second-order valence-electron chi connectivity index (χ2n) is 6.73. The zero-order chi connectivity index (χ0) is 16.4. The van der Waals surface area contributed by atoms with Gasteiger partial charge in [-0.2, -0.15) is 5.10 Å². The average molecular weight is 321 g/mol. The maximum absolute atomic E-state index is 4.26. The molecule has 5 nitrogen and oxygen atoms in total. The lowest BCUT2D eigenvalue weighted by atomic mass is 10.1. The van der Waals surface area contributed by atoms with E-state index in [0.717, 1.165) is 37.7 Å². The van der Waals surface area contributed by atoms with Crippen LogP contribution in [0.15, 0.2) is 55.0 Å². The van der Waals surface area contributed by atoms with Crippen molar-refractivity contribution in [3.63, 3.8) is 0 Å². The van der Waals surface area contributed by atoms with Crippen molar-refractivity contribution in [1.29, 1.82) is 0 Å². The van der Waals surface area contributed by atoms with E-state index in [0.29, 0.717) is 0 Å². The third-order valence-electron chi connectivity index (χ3n) is 4.77. The molecule has 24 heavy (non-hydrogen) atoms. The Kier molecular flexibility index (Phi) is 4.17. The van der Waals surface area contributed by atoms with E-state index < -0.39 is 0 Å². The van der Waals surface area contributed by atoms with Gasteiger partial charge in [-0.05, 0) is 49.2 Å². The summed E-state index contributed by atoms with van der Waals surface area (Å²) in [7, 11) is 2.21. The first-order valence-electron chi connectivity index (χ1n) is 8.55. The number of hydrogen-bond acceptors (Lipinski definition) is 4. The summed E-state index contributed by atoms with van der Waals surface area (Å²) in [6.45, 7) is 4.39. The van der Waals surface area contributed by atoms with E-state index in [2.05, 4.69) is 69.4 Å². The van der Waals surface area contributed by atoms with Crippen LogP contribution in [-0.2, 0) is 6.54 Å². The van der Waals surface area contributed by atoms with Crippen LogP contribution in [0.25, 0.3) is 5.65 Å². The van der Waals surface area contributed by atoms with E-state index in [1.165, 1.54) is 17.7 Å². The Balaban J connectivity index is 1.34. The Hall–Kier alpha value is -2.40. The predicted octanol–water partition coefficient (Wildman–Crippen LogP) is 2.69. The molecule has 1 atom stereocenters. The fourth-order valence-electron chi connectivity index (χ4n) is 3.63. The minimum atomic E-state index is 0.729. The summed E-state index contributed by atoms with van der Waals surface area (Å²) in [4.78, 5) is 9.18. The number of hydrogen-bond donors (Lipinski definition) is 0. The lowest BCUT2D eigenvalue weighted by molar-refractivity contribution is 0.279. The molecule has 1 aromatic carbocycles. The smallest absolute Gasteiger partial charge is 0.155 e. The molecule has 0 saturated carbocycles. The molecule has 1 aliphatic rings.